The van der Waals surface area contributed by atoms with Gasteiger partial charge in [-0.1, -0.05) is 66.2 Å². The molecule has 172 valence electrons. The molecule has 33 heavy (non-hydrogen) atoms. The molecule has 0 saturated carbocycles. The van der Waals surface area contributed by atoms with Crippen LogP contribution >= 0.6 is 0 Å². The van der Waals surface area contributed by atoms with Crippen LogP contribution in [0.15, 0.2) is 94.1 Å². The van der Waals surface area contributed by atoms with Gasteiger partial charge in [0.05, 0.1) is 0 Å². The molecule has 0 aromatic heterocycles. The van der Waals surface area contributed by atoms with Crippen LogP contribution in [0.3, 0.4) is 0 Å². The molecule has 1 heteroatoms. The molecule has 0 heterocycles. The van der Waals surface area contributed by atoms with E-state index >= 15 is 0 Å². The number of benzene rings is 2. The second-order valence-electron chi connectivity index (χ2n) is 9.40. The Kier molecular flexibility index (Phi) is 13.6. The molecule has 0 radical (unpaired) electrons. The molecule has 0 amide bonds. The van der Waals surface area contributed by atoms with Gasteiger partial charge in [-0.2, -0.15) is 95.1 Å². The van der Waals surface area contributed by atoms with Gasteiger partial charge in [-0.05, 0) is 0 Å². The van der Waals surface area contributed by atoms with Crippen molar-refractivity contribution in [2.24, 2.45) is 10.8 Å². The van der Waals surface area contributed by atoms with Crippen LogP contribution in [0, 0.1) is 35.1 Å². The van der Waals surface area contributed by atoms with E-state index in [1.807, 2.05) is 60.7 Å². The van der Waals surface area contributed by atoms with Crippen LogP contribution in [0.2, 0.25) is 0 Å². The maximum absolute atomic E-state index is 3.44. The predicted octanol–water partition coefficient (Wildman–Crippen LogP) is 9.20. The Hall–Kier alpha value is -1.89. The number of hydrogen-bond acceptors (Lipinski definition) is 0. The first-order valence-corrected chi connectivity index (χ1v) is 11.3. The zero-order valence-corrected chi connectivity index (χ0v) is 23.8. The Morgan fingerprint density at radius 3 is 0.818 bits per heavy atom. The second-order valence-corrected chi connectivity index (χ2v) is 9.40. The van der Waals surface area contributed by atoms with Gasteiger partial charge in [0.2, 0.25) is 0 Å². The van der Waals surface area contributed by atoms with Gasteiger partial charge in [0, 0.05) is 0 Å². The molecule has 0 aliphatic heterocycles. The average Bonchev–Trinajstić information content (AvgIpc) is 3.08. The fourth-order valence-electron chi connectivity index (χ4n) is 3.50. The van der Waals surface area contributed by atoms with Crippen molar-refractivity contribution in [1.82, 2.24) is 0 Å². The minimum atomic E-state index is 0. The SMILES string of the molecule is CC1=[C-]C(C)(C)C(C)=C1C.CC1=[C-]C(C)(C)C(C)=C1C.[Ti+4].[c-]1ccccc1.[c-]1ccccc1. The normalized spacial score (nSPS) is 17.2. The zero-order chi connectivity index (χ0) is 24.4. The maximum Gasteiger partial charge on any atom is 4.00 e. The third-order valence-electron chi connectivity index (χ3n) is 6.34. The van der Waals surface area contributed by atoms with Gasteiger partial charge in [0.15, 0.2) is 0 Å². The maximum atomic E-state index is 3.44. The van der Waals surface area contributed by atoms with Crippen molar-refractivity contribution in [2.45, 2.75) is 69.2 Å². The summed E-state index contributed by atoms with van der Waals surface area (Å²) in [6.45, 7) is 21.8. The van der Waals surface area contributed by atoms with E-state index in [0.29, 0.717) is 0 Å². The van der Waals surface area contributed by atoms with Crippen LogP contribution in [-0.2, 0) is 21.7 Å². The van der Waals surface area contributed by atoms with Crippen molar-refractivity contribution in [3.8, 4) is 0 Å². The molecule has 0 fully saturated rings. The molecular weight excluding hydrogens is 432 g/mol. The zero-order valence-electron chi connectivity index (χ0n) is 22.3. The second kappa shape index (κ2) is 14.4. The topological polar surface area (TPSA) is 0 Å². The van der Waals surface area contributed by atoms with Crippen LogP contribution in [0.5, 0.6) is 0 Å². The molecular formula is C32H40Ti. The van der Waals surface area contributed by atoms with E-state index in [2.05, 4.69) is 93.5 Å². The predicted molar refractivity (Wildman–Crippen MR) is 140 cm³/mol. The molecule has 0 saturated heterocycles. The third kappa shape index (κ3) is 10.3. The summed E-state index contributed by atoms with van der Waals surface area (Å²) in [7, 11) is 0. The van der Waals surface area contributed by atoms with E-state index in [-0.39, 0.29) is 32.5 Å². The van der Waals surface area contributed by atoms with Gasteiger partial charge in [-0.3, -0.25) is 12.2 Å². The number of rotatable bonds is 0. The van der Waals surface area contributed by atoms with Crippen molar-refractivity contribution in [2.75, 3.05) is 0 Å². The molecule has 2 aliphatic carbocycles. The summed E-state index contributed by atoms with van der Waals surface area (Å²) in [6, 6.07) is 25.0. The van der Waals surface area contributed by atoms with Crippen LogP contribution in [-0.4, -0.2) is 0 Å². The first-order chi connectivity index (χ1) is 14.9. The summed E-state index contributed by atoms with van der Waals surface area (Å²) in [5.74, 6) is 0. The van der Waals surface area contributed by atoms with Crippen LogP contribution in [0.4, 0.5) is 0 Å². The van der Waals surface area contributed by atoms with E-state index in [4.69, 9.17) is 0 Å². The summed E-state index contributed by atoms with van der Waals surface area (Å²) in [5.41, 5.74) is 8.79. The molecule has 0 nitrogen and oxygen atoms in total. The Morgan fingerprint density at radius 1 is 0.485 bits per heavy atom. The van der Waals surface area contributed by atoms with E-state index in [9.17, 15) is 0 Å². The molecule has 2 aromatic carbocycles. The van der Waals surface area contributed by atoms with Crippen molar-refractivity contribution in [3.05, 3.63) is 118 Å². The van der Waals surface area contributed by atoms with Gasteiger partial charge in [-0.25, -0.2) is 11.1 Å². The van der Waals surface area contributed by atoms with E-state index < -0.39 is 0 Å². The fourth-order valence-corrected chi connectivity index (χ4v) is 3.50. The van der Waals surface area contributed by atoms with E-state index in [1.54, 1.807) is 0 Å². The van der Waals surface area contributed by atoms with Crippen molar-refractivity contribution in [3.63, 3.8) is 0 Å². The summed E-state index contributed by atoms with van der Waals surface area (Å²) < 4.78 is 0. The standard InChI is InChI=1S/2C10H15.2C6H5.Ti/c2*1-7-6-10(4,5)9(3)8(7)2;2*1-2-4-6-5-3-1;/h2*1-5H3;2*1-5H;/q4*-1;+4. The molecule has 0 N–H and O–H groups in total. The Balaban J connectivity index is 0.000000420. The quantitative estimate of drug-likeness (QED) is 0.265. The molecule has 0 spiro atoms. The van der Waals surface area contributed by atoms with Gasteiger partial charge < -0.3 is 0 Å². The summed E-state index contributed by atoms with van der Waals surface area (Å²) >= 11 is 0. The Labute approximate surface area is 219 Å². The summed E-state index contributed by atoms with van der Waals surface area (Å²) in [4.78, 5) is 0. The molecule has 0 bridgehead atoms. The molecule has 2 aliphatic rings. The van der Waals surface area contributed by atoms with Gasteiger partial charge in [0.1, 0.15) is 0 Å². The van der Waals surface area contributed by atoms with Crippen LogP contribution in [0.1, 0.15) is 69.2 Å². The van der Waals surface area contributed by atoms with Gasteiger partial charge >= 0.3 is 21.7 Å². The van der Waals surface area contributed by atoms with Crippen LogP contribution in [0.25, 0.3) is 0 Å². The molecule has 0 unspecified atom stereocenters. The Bertz CT molecular complexity index is 817. The molecule has 2 aromatic rings. The first kappa shape index (κ1) is 31.1. The average molecular weight is 473 g/mol. The Morgan fingerprint density at radius 2 is 0.758 bits per heavy atom. The number of hydrogen-bond donors (Lipinski definition) is 0. The van der Waals surface area contributed by atoms with E-state index in [1.165, 1.54) is 33.4 Å². The molecule has 4 rings (SSSR count). The largest absolute Gasteiger partial charge is 4.00 e. The summed E-state index contributed by atoms with van der Waals surface area (Å²) in [5, 5.41) is 0. The van der Waals surface area contributed by atoms with Crippen molar-refractivity contribution < 1.29 is 21.7 Å². The van der Waals surface area contributed by atoms with E-state index in [0.717, 1.165) is 0 Å². The monoisotopic (exact) mass is 472 g/mol. The van der Waals surface area contributed by atoms with Gasteiger partial charge in [-0.15, -0.1) is 13.8 Å². The smallest absolute Gasteiger partial charge is 0.263 e. The van der Waals surface area contributed by atoms with Crippen molar-refractivity contribution >= 4 is 0 Å². The molecule has 0 atom stereocenters. The van der Waals surface area contributed by atoms with Crippen LogP contribution < -0.4 is 0 Å². The minimum Gasteiger partial charge on any atom is -0.263 e. The minimum absolute atomic E-state index is 0. The third-order valence-corrected chi connectivity index (χ3v) is 6.34. The first-order valence-electron chi connectivity index (χ1n) is 11.3. The van der Waals surface area contributed by atoms with Gasteiger partial charge in [0.25, 0.3) is 0 Å². The summed E-state index contributed by atoms with van der Waals surface area (Å²) in [6.07, 6.45) is 6.87. The van der Waals surface area contributed by atoms with Crippen molar-refractivity contribution in [1.29, 1.82) is 0 Å². The number of allylic oxidation sites excluding steroid dienone is 8. The fraction of sp³-hybridized carbons (Fsp3) is 0.375.